The molecule has 0 aromatic carbocycles. The van der Waals surface area contributed by atoms with Gasteiger partial charge in [-0.05, 0) is 18.9 Å². The Morgan fingerprint density at radius 2 is 2.36 bits per heavy atom. The molecule has 22 heavy (non-hydrogen) atoms. The smallest absolute Gasteiger partial charge is 0.407 e. The molecule has 2 aromatic rings. The Kier molecular flexibility index (Phi) is 2.75. The fourth-order valence-electron chi connectivity index (χ4n) is 2.97. The molecule has 2 saturated heterocycles. The molecule has 2 aromatic heterocycles. The number of ether oxygens (including phenoxy) is 1. The number of alkyl carbamates (subject to hydrolysis) is 1. The number of hydrogen-bond acceptors (Lipinski definition) is 6. The van der Waals surface area contributed by atoms with E-state index in [4.69, 9.17) is 4.74 Å². The quantitative estimate of drug-likeness (QED) is 0.785. The Balaban J connectivity index is 1.58. The molecule has 9 nitrogen and oxygen atoms in total. The maximum atomic E-state index is 12.6. The van der Waals surface area contributed by atoms with Crippen LogP contribution in [0.3, 0.4) is 0 Å². The molecule has 0 saturated carbocycles. The number of rotatable bonds is 1. The van der Waals surface area contributed by atoms with Crippen molar-refractivity contribution in [3.63, 3.8) is 0 Å². The minimum atomic E-state index is -0.623. The van der Waals surface area contributed by atoms with Crippen molar-refractivity contribution in [2.75, 3.05) is 19.6 Å². The summed E-state index contributed by atoms with van der Waals surface area (Å²) in [6, 6.07) is 1.72. The molecule has 0 radical (unpaired) electrons. The zero-order valence-corrected chi connectivity index (χ0v) is 11.7. The van der Waals surface area contributed by atoms with Crippen LogP contribution in [0.15, 0.2) is 18.5 Å². The highest BCUT2D eigenvalue weighted by molar-refractivity contribution is 5.91. The fourth-order valence-corrected chi connectivity index (χ4v) is 2.97. The SMILES string of the molecule is O=C1NCC2(CCCN(C(=O)c3nc4ncccn4n3)C2)O1. The summed E-state index contributed by atoms with van der Waals surface area (Å²) < 4.78 is 6.83. The molecule has 1 atom stereocenters. The van der Waals surface area contributed by atoms with Crippen LogP contribution in [-0.4, -0.2) is 61.7 Å². The summed E-state index contributed by atoms with van der Waals surface area (Å²) in [7, 11) is 0. The van der Waals surface area contributed by atoms with Crippen molar-refractivity contribution in [3.8, 4) is 0 Å². The molecule has 2 aliphatic heterocycles. The first-order chi connectivity index (χ1) is 10.7. The summed E-state index contributed by atoms with van der Waals surface area (Å²) in [4.78, 5) is 33.7. The minimum absolute atomic E-state index is 0.105. The lowest BCUT2D eigenvalue weighted by atomic mass is 9.93. The van der Waals surface area contributed by atoms with E-state index in [1.807, 2.05) is 0 Å². The summed E-state index contributed by atoms with van der Waals surface area (Å²) >= 11 is 0. The molecule has 9 heteroatoms. The predicted octanol–water partition coefficient (Wildman–Crippen LogP) is -0.161. The second kappa shape index (κ2) is 4.65. The monoisotopic (exact) mass is 302 g/mol. The van der Waals surface area contributed by atoms with Crippen LogP contribution < -0.4 is 5.32 Å². The highest BCUT2D eigenvalue weighted by Crippen LogP contribution is 2.28. The molecule has 0 aliphatic carbocycles. The summed E-state index contributed by atoms with van der Waals surface area (Å²) in [5.74, 6) is 0.215. The van der Waals surface area contributed by atoms with Gasteiger partial charge in [-0.2, -0.15) is 4.98 Å². The van der Waals surface area contributed by atoms with Gasteiger partial charge in [0.1, 0.15) is 5.60 Å². The molecule has 1 spiro atoms. The van der Waals surface area contributed by atoms with Crippen LogP contribution in [0, 0.1) is 0 Å². The number of fused-ring (bicyclic) bond motifs is 1. The van der Waals surface area contributed by atoms with Crippen LogP contribution in [0.25, 0.3) is 5.78 Å². The normalized spacial score (nSPS) is 24.5. The van der Waals surface area contributed by atoms with Gasteiger partial charge in [0, 0.05) is 18.9 Å². The molecule has 2 fully saturated rings. The molecule has 1 unspecified atom stereocenters. The molecule has 0 bridgehead atoms. The van der Waals surface area contributed by atoms with E-state index in [-0.39, 0.29) is 11.7 Å². The average molecular weight is 302 g/mol. The number of likely N-dealkylation sites (tertiary alicyclic amines) is 1. The lowest BCUT2D eigenvalue weighted by Gasteiger charge is -2.37. The maximum Gasteiger partial charge on any atom is 0.407 e. The third kappa shape index (κ3) is 2.05. The van der Waals surface area contributed by atoms with E-state index < -0.39 is 11.7 Å². The first kappa shape index (κ1) is 13.0. The zero-order chi connectivity index (χ0) is 15.2. The van der Waals surface area contributed by atoms with Crippen molar-refractivity contribution in [2.45, 2.75) is 18.4 Å². The molecule has 4 heterocycles. The third-order valence-electron chi connectivity index (χ3n) is 4.00. The van der Waals surface area contributed by atoms with Gasteiger partial charge in [-0.3, -0.25) is 4.79 Å². The Labute approximate surface area is 125 Å². The molecule has 4 rings (SSSR count). The maximum absolute atomic E-state index is 12.6. The van der Waals surface area contributed by atoms with Gasteiger partial charge < -0.3 is 15.0 Å². The van der Waals surface area contributed by atoms with Crippen LogP contribution in [0.5, 0.6) is 0 Å². The van der Waals surface area contributed by atoms with Gasteiger partial charge in [0.15, 0.2) is 0 Å². The van der Waals surface area contributed by atoms with Gasteiger partial charge in [0.25, 0.3) is 11.7 Å². The lowest BCUT2D eigenvalue weighted by Crippen LogP contribution is -2.52. The molecule has 2 amide bonds. The van der Waals surface area contributed by atoms with Gasteiger partial charge in [-0.15, -0.1) is 5.10 Å². The Morgan fingerprint density at radius 1 is 1.45 bits per heavy atom. The number of piperidine rings is 1. The third-order valence-corrected chi connectivity index (χ3v) is 4.00. The van der Waals surface area contributed by atoms with E-state index >= 15 is 0 Å². The van der Waals surface area contributed by atoms with Crippen LogP contribution in [0.2, 0.25) is 0 Å². The van der Waals surface area contributed by atoms with Crippen molar-refractivity contribution in [1.29, 1.82) is 0 Å². The summed E-state index contributed by atoms with van der Waals surface area (Å²) in [6.07, 6.45) is 4.37. The van der Waals surface area contributed by atoms with Crippen LogP contribution in [0.1, 0.15) is 23.5 Å². The van der Waals surface area contributed by atoms with E-state index in [1.54, 1.807) is 23.4 Å². The van der Waals surface area contributed by atoms with Crippen molar-refractivity contribution in [1.82, 2.24) is 29.8 Å². The van der Waals surface area contributed by atoms with E-state index in [0.717, 1.165) is 12.8 Å². The average Bonchev–Trinajstić information content (AvgIpc) is 3.10. The first-order valence-electron chi connectivity index (χ1n) is 7.09. The summed E-state index contributed by atoms with van der Waals surface area (Å²) in [5.41, 5.74) is -0.623. The molecule has 2 aliphatic rings. The van der Waals surface area contributed by atoms with Crippen molar-refractivity contribution < 1.29 is 14.3 Å². The van der Waals surface area contributed by atoms with Gasteiger partial charge in [0.05, 0.1) is 13.1 Å². The number of carbonyl (C=O) groups excluding carboxylic acids is 2. The second-order valence-electron chi connectivity index (χ2n) is 5.56. The summed E-state index contributed by atoms with van der Waals surface area (Å²) in [6.45, 7) is 1.38. The van der Waals surface area contributed by atoms with Gasteiger partial charge in [0.2, 0.25) is 5.82 Å². The minimum Gasteiger partial charge on any atom is -0.439 e. The summed E-state index contributed by atoms with van der Waals surface area (Å²) in [5, 5.41) is 6.80. The van der Waals surface area contributed by atoms with E-state index in [2.05, 4.69) is 20.4 Å². The van der Waals surface area contributed by atoms with E-state index in [0.29, 0.717) is 25.4 Å². The number of nitrogens with zero attached hydrogens (tertiary/aromatic N) is 5. The molecular weight excluding hydrogens is 288 g/mol. The highest BCUT2D eigenvalue weighted by atomic mass is 16.6. The first-order valence-corrected chi connectivity index (χ1v) is 7.09. The van der Waals surface area contributed by atoms with Crippen molar-refractivity contribution in [2.24, 2.45) is 0 Å². The van der Waals surface area contributed by atoms with Gasteiger partial charge in [-0.1, -0.05) is 0 Å². The van der Waals surface area contributed by atoms with Crippen LogP contribution in [-0.2, 0) is 4.74 Å². The van der Waals surface area contributed by atoms with Gasteiger partial charge in [-0.25, -0.2) is 14.3 Å². The largest absolute Gasteiger partial charge is 0.439 e. The second-order valence-corrected chi connectivity index (χ2v) is 5.56. The van der Waals surface area contributed by atoms with Crippen molar-refractivity contribution in [3.05, 3.63) is 24.3 Å². The standard InChI is InChI=1S/C13H14N6O3/c20-10(9-16-11-14-4-2-6-19(11)17-9)18-5-1-3-13(8-18)7-15-12(21)22-13/h2,4,6H,1,3,5,7-8H2,(H,15,21). The zero-order valence-electron chi connectivity index (χ0n) is 11.7. The van der Waals surface area contributed by atoms with Crippen LogP contribution in [0.4, 0.5) is 4.79 Å². The molecular formula is C13H14N6O3. The van der Waals surface area contributed by atoms with E-state index in [9.17, 15) is 9.59 Å². The number of aromatic nitrogens is 4. The number of amides is 2. The van der Waals surface area contributed by atoms with Crippen LogP contribution >= 0.6 is 0 Å². The Hall–Kier alpha value is -2.71. The Bertz CT molecular complexity index is 726. The highest BCUT2D eigenvalue weighted by Gasteiger charge is 2.45. The number of nitrogens with one attached hydrogen (secondary N) is 1. The molecule has 1 N–H and O–H groups in total. The van der Waals surface area contributed by atoms with Crippen molar-refractivity contribution >= 4 is 17.8 Å². The molecule has 114 valence electrons. The predicted molar refractivity (Wildman–Crippen MR) is 73.1 cm³/mol. The topological polar surface area (TPSA) is 102 Å². The van der Waals surface area contributed by atoms with Gasteiger partial charge >= 0.3 is 6.09 Å². The fraction of sp³-hybridized carbons (Fsp3) is 0.462. The Morgan fingerprint density at radius 3 is 3.14 bits per heavy atom. The number of carbonyl (C=O) groups is 2. The number of hydrogen-bond donors (Lipinski definition) is 1. The lowest BCUT2D eigenvalue weighted by molar-refractivity contribution is -0.00543. The van der Waals surface area contributed by atoms with E-state index in [1.165, 1.54) is 4.52 Å².